The van der Waals surface area contributed by atoms with Gasteiger partial charge in [0.15, 0.2) is 0 Å². The third-order valence-corrected chi connectivity index (χ3v) is 4.51. The highest BCUT2D eigenvalue weighted by molar-refractivity contribution is 7.91. The van der Waals surface area contributed by atoms with E-state index in [4.69, 9.17) is 0 Å². The van der Waals surface area contributed by atoms with Crippen LogP contribution in [0.1, 0.15) is 12.7 Å². The molecule has 0 fully saturated rings. The van der Waals surface area contributed by atoms with Crippen molar-refractivity contribution in [2.75, 3.05) is 5.32 Å². The molecule has 9 nitrogen and oxygen atoms in total. The number of amides is 1. The number of H-pyrrole nitrogens is 1. The van der Waals surface area contributed by atoms with Crippen molar-refractivity contribution < 1.29 is 13.2 Å². The number of carbonyl (C=O) groups excluding carboxylic acids is 1. The molecule has 0 aliphatic rings. The van der Waals surface area contributed by atoms with Crippen LogP contribution in [0.2, 0.25) is 0 Å². The highest BCUT2D eigenvalue weighted by Gasteiger charge is 2.20. The Hall–Kier alpha value is -1.85. The summed E-state index contributed by atoms with van der Waals surface area (Å²) < 4.78 is 25.8. The van der Waals surface area contributed by atoms with Gasteiger partial charge in [-0.3, -0.25) is 4.79 Å². The molecule has 0 saturated heterocycles. The SMILES string of the molecule is CC(=O)Nc1nnc(S(=O)(=O)NCc2ncc[nH]2)s1. The molecular formula is C8H10N6O3S2. The normalized spacial score (nSPS) is 11.4. The Morgan fingerprint density at radius 3 is 2.89 bits per heavy atom. The van der Waals surface area contributed by atoms with Crippen LogP contribution < -0.4 is 10.0 Å². The summed E-state index contributed by atoms with van der Waals surface area (Å²) in [6.07, 6.45) is 3.10. The maximum Gasteiger partial charge on any atom is 0.270 e. The Balaban J connectivity index is 2.06. The first kappa shape index (κ1) is 13.6. The van der Waals surface area contributed by atoms with Gasteiger partial charge in [-0.25, -0.2) is 18.1 Å². The monoisotopic (exact) mass is 302 g/mol. The molecular weight excluding hydrogens is 292 g/mol. The number of carbonyl (C=O) groups is 1. The molecule has 1 amide bonds. The molecule has 19 heavy (non-hydrogen) atoms. The fourth-order valence-corrected chi connectivity index (χ4v) is 3.11. The molecule has 0 saturated carbocycles. The van der Waals surface area contributed by atoms with Gasteiger partial charge in [-0.15, -0.1) is 10.2 Å². The topological polar surface area (TPSA) is 130 Å². The van der Waals surface area contributed by atoms with Gasteiger partial charge in [0.05, 0.1) is 6.54 Å². The summed E-state index contributed by atoms with van der Waals surface area (Å²) in [5.41, 5.74) is 0. The lowest BCUT2D eigenvalue weighted by molar-refractivity contribution is -0.114. The van der Waals surface area contributed by atoms with E-state index in [0.717, 1.165) is 11.3 Å². The molecule has 0 aliphatic carbocycles. The molecule has 2 heterocycles. The number of hydrogen-bond donors (Lipinski definition) is 3. The average molecular weight is 302 g/mol. The first-order chi connectivity index (χ1) is 8.97. The van der Waals surface area contributed by atoms with Crippen LogP contribution in [0.15, 0.2) is 16.7 Å². The molecule has 102 valence electrons. The first-order valence-electron chi connectivity index (χ1n) is 5.06. The van der Waals surface area contributed by atoms with Crippen molar-refractivity contribution in [3.63, 3.8) is 0 Å². The lowest BCUT2D eigenvalue weighted by Crippen LogP contribution is -2.23. The molecule has 2 rings (SSSR count). The Labute approximate surface area is 112 Å². The summed E-state index contributed by atoms with van der Waals surface area (Å²) in [6, 6.07) is 0. The minimum Gasteiger partial charge on any atom is -0.347 e. The number of rotatable bonds is 5. The number of nitrogens with zero attached hydrogens (tertiary/aromatic N) is 3. The maximum absolute atomic E-state index is 11.9. The zero-order valence-corrected chi connectivity index (χ0v) is 11.4. The third kappa shape index (κ3) is 3.56. The highest BCUT2D eigenvalue weighted by Crippen LogP contribution is 2.19. The van der Waals surface area contributed by atoms with Gasteiger partial charge >= 0.3 is 0 Å². The Morgan fingerprint density at radius 1 is 1.47 bits per heavy atom. The molecule has 0 aliphatic heterocycles. The zero-order chi connectivity index (χ0) is 13.9. The van der Waals surface area contributed by atoms with E-state index in [0.29, 0.717) is 5.82 Å². The van der Waals surface area contributed by atoms with Gasteiger partial charge in [0.1, 0.15) is 5.82 Å². The second-order valence-corrected chi connectivity index (χ2v) is 6.33. The van der Waals surface area contributed by atoms with Crippen molar-refractivity contribution in [1.82, 2.24) is 24.9 Å². The van der Waals surface area contributed by atoms with Crippen LogP contribution in [0, 0.1) is 0 Å². The molecule has 2 aromatic heterocycles. The second-order valence-electron chi connectivity index (χ2n) is 3.41. The molecule has 0 radical (unpaired) electrons. The van der Waals surface area contributed by atoms with Crippen molar-refractivity contribution >= 4 is 32.4 Å². The smallest absolute Gasteiger partial charge is 0.270 e. The van der Waals surface area contributed by atoms with E-state index >= 15 is 0 Å². The Morgan fingerprint density at radius 2 is 2.26 bits per heavy atom. The second kappa shape index (κ2) is 5.42. The van der Waals surface area contributed by atoms with E-state index in [9.17, 15) is 13.2 Å². The van der Waals surface area contributed by atoms with Crippen LogP contribution in [0.3, 0.4) is 0 Å². The van der Waals surface area contributed by atoms with Gasteiger partial charge in [0, 0.05) is 19.3 Å². The van der Waals surface area contributed by atoms with Crippen molar-refractivity contribution in [2.45, 2.75) is 17.8 Å². The summed E-state index contributed by atoms with van der Waals surface area (Å²) in [7, 11) is -3.77. The minimum absolute atomic E-state index is 0.0182. The largest absolute Gasteiger partial charge is 0.347 e. The van der Waals surface area contributed by atoms with Crippen LogP contribution in [-0.4, -0.2) is 34.5 Å². The maximum atomic E-state index is 11.9. The van der Waals surface area contributed by atoms with Crippen LogP contribution in [-0.2, 0) is 21.4 Å². The van der Waals surface area contributed by atoms with Crippen molar-refractivity contribution in [3.8, 4) is 0 Å². The van der Waals surface area contributed by atoms with Crippen LogP contribution >= 0.6 is 11.3 Å². The first-order valence-corrected chi connectivity index (χ1v) is 7.36. The summed E-state index contributed by atoms with van der Waals surface area (Å²) >= 11 is 0.770. The molecule has 11 heteroatoms. The van der Waals surface area contributed by atoms with Gasteiger partial charge in [0.25, 0.3) is 10.0 Å². The van der Waals surface area contributed by atoms with Gasteiger partial charge in [-0.2, -0.15) is 0 Å². The van der Waals surface area contributed by atoms with E-state index in [1.54, 1.807) is 6.20 Å². The number of aromatic amines is 1. The quantitative estimate of drug-likeness (QED) is 0.650. The molecule has 0 bridgehead atoms. The highest BCUT2D eigenvalue weighted by atomic mass is 32.2. The molecule has 0 atom stereocenters. The lowest BCUT2D eigenvalue weighted by atomic mass is 10.6. The van der Waals surface area contributed by atoms with Crippen LogP contribution in [0.25, 0.3) is 0 Å². The van der Waals surface area contributed by atoms with E-state index < -0.39 is 10.0 Å². The number of anilines is 1. The van der Waals surface area contributed by atoms with Gasteiger partial charge in [0.2, 0.25) is 15.4 Å². The number of sulfonamides is 1. The van der Waals surface area contributed by atoms with Gasteiger partial charge in [-0.1, -0.05) is 11.3 Å². The number of hydrogen-bond acceptors (Lipinski definition) is 7. The van der Waals surface area contributed by atoms with E-state index in [-0.39, 0.29) is 21.9 Å². The number of aromatic nitrogens is 4. The summed E-state index contributed by atoms with van der Waals surface area (Å²) in [6.45, 7) is 1.31. The Bertz CT molecular complexity index is 662. The summed E-state index contributed by atoms with van der Waals surface area (Å²) in [4.78, 5) is 17.5. The van der Waals surface area contributed by atoms with E-state index in [1.807, 2.05) is 0 Å². The standard InChI is InChI=1S/C8H10N6O3S2/c1-5(15)12-7-13-14-8(18-7)19(16,17)11-4-6-9-2-3-10-6/h2-3,11H,4H2,1H3,(H,9,10)(H,12,13,15). The molecule has 2 aromatic rings. The molecule has 0 spiro atoms. The van der Waals surface area contributed by atoms with Crippen LogP contribution in [0.5, 0.6) is 0 Å². The minimum atomic E-state index is -3.77. The molecule has 3 N–H and O–H groups in total. The fraction of sp³-hybridized carbons (Fsp3) is 0.250. The van der Waals surface area contributed by atoms with Crippen molar-refractivity contribution in [2.24, 2.45) is 0 Å². The predicted molar refractivity (Wildman–Crippen MR) is 66.8 cm³/mol. The summed E-state index contributed by atoms with van der Waals surface area (Å²) in [5, 5.41) is 9.57. The van der Waals surface area contributed by atoms with Gasteiger partial charge < -0.3 is 10.3 Å². The number of imidazole rings is 1. The molecule has 0 unspecified atom stereocenters. The average Bonchev–Trinajstić information content (AvgIpc) is 2.96. The lowest BCUT2D eigenvalue weighted by Gasteiger charge is -2.00. The van der Waals surface area contributed by atoms with Crippen molar-refractivity contribution in [3.05, 3.63) is 18.2 Å². The van der Waals surface area contributed by atoms with E-state index in [2.05, 4.69) is 30.2 Å². The predicted octanol–water partition coefficient (Wildman–Crippen LogP) is -0.302. The fourth-order valence-electron chi connectivity index (χ4n) is 1.14. The Kier molecular flexibility index (Phi) is 3.87. The van der Waals surface area contributed by atoms with Crippen molar-refractivity contribution in [1.29, 1.82) is 0 Å². The van der Waals surface area contributed by atoms with E-state index in [1.165, 1.54) is 13.1 Å². The number of nitrogens with one attached hydrogen (secondary N) is 3. The van der Waals surface area contributed by atoms with Crippen LogP contribution in [0.4, 0.5) is 5.13 Å². The van der Waals surface area contributed by atoms with Gasteiger partial charge in [-0.05, 0) is 0 Å². The third-order valence-electron chi connectivity index (χ3n) is 1.90. The zero-order valence-electron chi connectivity index (χ0n) is 9.74. The summed E-state index contributed by atoms with van der Waals surface area (Å²) in [5.74, 6) is 0.138. The molecule has 0 aromatic carbocycles.